The van der Waals surface area contributed by atoms with Crippen LogP contribution in [0, 0.1) is 11.8 Å². The highest BCUT2D eigenvalue weighted by Crippen LogP contribution is 2.50. The Morgan fingerprint density at radius 1 is 1.00 bits per heavy atom. The van der Waals surface area contributed by atoms with Crippen molar-refractivity contribution in [3.8, 4) is 0 Å². The normalized spacial score (nSPS) is 26.3. The van der Waals surface area contributed by atoms with Gasteiger partial charge in [0.15, 0.2) is 0 Å². The summed E-state index contributed by atoms with van der Waals surface area (Å²) in [6.45, 7) is 0. The number of hydrogen-bond donors (Lipinski definition) is 1. The van der Waals surface area contributed by atoms with Crippen LogP contribution in [0.25, 0.3) is 21.8 Å². The maximum atomic E-state index is 12.6. The second-order valence-corrected chi connectivity index (χ2v) is 7.05. The highest BCUT2D eigenvalue weighted by molar-refractivity contribution is 6.03. The topological polar surface area (TPSA) is 54.9 Å². The molecule has 2 bridgehead atoms. The molecule has 3 aromatic rings. The second-order valence-electron chi connectivity index (χ2n) is 7.05. The third-order valence-corrected chi connectivity index (χ3v) is 5.85. The van der Waals surface area contributed by atoms with Crippen LogP contribution in [0.15, 0.2) is 46.0 Å². The SMILES string of the molecule is O=c1[nH]c2c3ccccc3ccc2n(C2CC3CCC2C3)c1=O. The molecule has 0 amide bonds. The van der Waals surface area contributed by atoms with Crippen molar-refractivity contribution in [1.29, 1.82) is 0 Å². The first-order valence-corrected chi connectivity index (χ1v) is 8.38. The number of benzene rings is 2. The van der Waals surface area contributed by atoms with E-state index in [2.05, 4.69) is 4.98 Å². The van der Waals surface area contributed by atoms with Crippen molar-refractivity contribution in [1.82, 2.24) is 9.55 Å². The molecule has 2 saturated carbocycles. The lowest BCUT2D eigenvalue weighted by atomic mass is 9.94. The minimum atomic E-state index is -0.503. The first-order chi connectivity index (χ1) is 11.2. The highest BCUT2D eigenvalue weighted by atomic mass is 16.2. The van der Waals surface area contributed by atoms with Crippen molar-refractivity contribution in [2.24, 2.45) is 11.8 Å². The van der Waals surface area contributed by atoms with E-state index < -0.39 is 11.1 Å². The quantitative estimate of drug-likeness (QED) is 0.554. The predicted molar refractivity (Wildman–Crippen MR) is 90.8 cm³/mol. The Morgan fingerprint density at radius 3 is 2.65 bits per heavy atom. The van der Waals surface area contributed by atoms with Gasteiger partial charge in [-0.3, -0.25) is 14.2 Å². The number of aromatic amines is 1. The van der Waals surface area contributed by atoms with Crippen LogP contribution in [0.2, 0.25) is 0 Å². The van der Waals surface area contributed by atoms with Crippen LogP contribution >= 0.6 is 0 Å². The molecule has 23 heavy (non-hydrogen) atoms. The maximum Gasteiger partial charge on any atom is 0.316 e. The molecule has 2 aliphatic rings. The molecule has 4 heteroatoms. The largest absolute Gasteiger partial charge is 0.316 e. The Balaban J connectivity index is 1.88. The number of aromatic nitrogens is 2. The Morgan fingerprint density at radius 2 is 1.87 bits per heavy atom. The van der Waals surface area contributed by atoms with Crippen molar-refractivity contribution in [2.45, 2.75) is 31.7 Å². The lowest BCUT2D eigenvalue weighted by Gasteiger charge is -2.25. The molecular weight excluding hydrogens is 288 g/mol. The molecule has 116 valence electrons. The summed E-state index contributed by atoms with van der Waals surface area (Å²) in [6, 6.07) is 12.2. The zero-order valence-corrected chi connectivity index (χ0v) is 12.8. The summed E-state index contributed by atoms with van der Waals surface area (Å²) in [5.41, 5.74) is 0.753. The van der Waals surface area contributed by atoms with Gasteiger partial charge < -0.3 is 4.98 Å². The van der Waals surface area contributed by atoms with Crippen molar-refractivity contribution >= 4 is 21.8 Å². The smallest absolute Gasteiger partial charge is 0.315 e. The fourth-order valence-electron chi connectivity index (χ4n) is 4.83. The van der Waals surface area contributed by atoms with Gasteiger partial charge in [-0.2, -0.15) is 0 Å². The predicted octanol–water partition coefficient (Wildman–Crippen LogP) is 3.20. The fraction of sp³-hybridized carbons (Fsp3) is 0.368. The summed E-state index contributed by atoms with van der Waals surface area (Å²) in [6.07, 6.45) is 4.71. The van der Waals surface area contributed by atoms with Crippen LogP contribution in [0.3, 0.4) is 0 Å². The molecule has 0 aliphatic heterocycles. The molecule has 4 nitrogen and oxygen atoms in total. The van der Waals surface area contributed by atoms with Gasteiger partial charge in [-0.1, -0.05) is 36.8 Å². The number of nitrogens with zero attached hydrogens (tertiary/aromatic N) is 1. The zero-order chi connectivity index (χ0) is 15.6. The van der Waals surface area contributed by atoms with Gasteiger partial charge in [0.1, 0.15) is 0 Å². The van der Waals surface area contributed by atoms with Crippen LogP contribution in [0.4, 0.5) is 0 Å². The van der Waals surface area contributed by atoms with Crippen LogP contribution in [-0.2, 0) is 0 Å². The van der Waals surface area contributed by atoms with Gasteiger partial charge >= 0.3 is 11.1 Å². The van der Waals surface area contributed by atoms with E-state index in [1.165, 1.54) is 19.3 Å². The van der Waals surface area contributed by atoms with Crippen molar-refractivity contribution in [3.05, 3.63) is 57.1 Å². The molecule has 1 N–H and O–H groups in total. The standard InChI is InChI=1S/C19H18N2O2/c22-18-19(23)21(16-10-11-5-6-13(16)9-11)15-8-7-12-3-1-2-4-14(12)17(15)20-18/h1-4,7-8,11,13,16H,5-6,9-10H2,(H,20,22). The molecule has 3 unspecified atom stereocenters. The third-order valence-electron chi connectivity index (χ3n) is 5.85. The first kappa shape index (κ1) is 13.1. The number of hydrogen-bond acceptors (Lipinski definition) is 2. The van der Waals surface area contributed by atoms with Crippen molar-refractivity contribution in [2.75, 3.05) is 0 Å². The average Bonchev–Trinajstić information content (AvgIpc) is 3.19. The fourth-order valence-corrected chi connectivity index (χ4v) is 4.83. The Kier molecular flexibility index (Phi) is 2.61. The molecule has 2 aromatic carbocycles. The Labute approximate surface area is 132 Å². The number of rotatable bonds is 1. The van der Waals surface area contributed by atoms with Gasteiger partial charge in [0.2, 0.25) is 0 Å². The minimum absolute atomic E-state index is 0.187. The molecular formula is C19H18N2O2. The van der Waals surface area contributed by atoms with Crippen LogP contribution < -0.4 is 11.1 Å². The zero-order valence-electron chi connectivity index (χ0n) is 12.8. The lowest BCUT2D eigenvalue weighted by molar-refractivity contribution is 0.329. The number of fused-ring (bicyclic) bond motifs is 5. The van der Waals surface area contributed by atoms with Gasteiger partial charge in [0, 0.05) is 11.4 Å². The molecule has 2 aliphatic carbocycles. The summed E-state index contributed by atoms with van der Waals surface area (Å²) in [7, 11) is 0. The van der Waals surface area contributed by atoms with E-state index in [0.717, 1.165) is 34.1 Å². The second kappa shape index (κ2) is 4.57. The Hall–Kier alpha value is -2.36. The minimum Gasteiger partial charge on any atom is -0.315 e. The average molecular weight is 306 g/mol. The molecule has 2 fully saturated rings. The van der Waals surface area contributed by atoms with Crippen molar-refractivity contribution in [3.63, 3.8) is 0 Å². The first-order valence-electron chi connectivity index (χ1n) is 8.38. The van der Waals surface area contributed by atoms with Gasteiger partial charge in [-0.25, -0.2) is 0 Å². The maximum absolute atomic E-state index is 12.6. The number of H-pyrrole nitrogens is 1. The summed E-state index contributed by atoms with van der Waals surface area (Å²) < 4.78 is 1.80. The number of nitrogens with one attached hydrogen (secondary N) is 1. The van der Waals surface area contributed by atoms with E-state index in [1.54, 1.807) is 4.57 Å². The summed E-state index contributed by atoms with van der Waals surface area (Å²) in [4.78, 5) is 27.7. The molecule has 0 spiro atoms. The third kappa shape index (κ3) is 1.78. The summed E-state index contributed by atoms with van der Waals surface area (Å²) in [5, 5.41) is 2.08. The highest BCUT2D eigenvalue weighted by Gasteiger charge is 2.41. The molecule has 3 atom stereocenters. The van der Waals surface area contributed by atoms with E-state index in [-0.39, 0.29) is 6.04 Å². The van der Waals surface area contributed by atoms with E-state index >= 15 is 0 Å². The van der Waals surface area contributed by atoms with Crippen molar-refractivity contribution < 1.29 is 0 Å². The molecule has 1 aromatic heterocycles. The monoisotopic (exact) mass is 306 g/mol. The van der Waals surface area contributed by atoms with E-state index in [9.17, 15) is 9.59 Å². The molecule has 5 rings (SSSR count). The lowest BCUT2D eigenvalue weighted by Crippen LogP contribution is -2.39. The van der Waals surface area contributed by atoms with Gasteiger partial charge in [0.25, 0.3) is 0 Å². The van der Waals surface area contributed by atoms with Crippen LogP contribution in [0.1, 0.15) is 31.7 Å². The van der Waals surface area contributed by atoms with Gasteiger partial charge in [-0.15, -0.1) is 0 Å². The van der Waals surface area contributed by atoms with E-state index in [1.807, 2.05) is 36.4 Å². The van der Waals surface area contributed by atoms with Gasteiger partial charge in [0.05, 0.1) is 11.0 Å². The summed E-state index contributed by atoms with van der Waals surface area (Å²) in [5.74, 6) is 1.28. The summed E-state index contributed by atoms with van der Waals surface area (Å²) >= 11 is 0. The van der Waals surface area contributed by atoms with Crippen LogP contribution in [0.5, 0.6) is 0 Å². The van der Waals surface area contributed by atoms with E-state index in [4.69, 9.17) is 0 Å². The van der Waals surface area contributed by atoms with E-state index in [0.29, 0.717) is 5.92 Å². The Bertz CT molecular complexity index is 1050. The van der Waals surface area contributed by atoms with Crippen LogP contribution in [-0.4, -0.2) is 9.55 Å². The molecule has 0 saturated heterocycles. The molecule has 0 radical (unpaired) electrons. The van der Waals surface area contributed by atoms with Gasteiger partial charge in [-0.05, 0) is 42.6 Å². The molecule has 1 heterocycles.